The first-order valence-corrected chi connectivity index (χ1v) is 15.9. The lowest BCUT2D eigenvalue weighted by Crippen LogP contribution is -2.15. The zero-order valence-corrected chi connectivity index (χ0v) is 27.8. The maximum Gasteiger partial charge on any atom is 0.280 e. The molecule has 0 unspecified atom stereocenters. The second kappa shape index (κ2) is 11.8. The molecule has 0 saturated heterocycles. The van der Waals surface area contributed by atoms with Gasteiger partial charge in [-0.2, -0.15) is 4.52 Å². The van der Waals surface area contributed by atoms with Crippen molar-refractivity contribution < 1.29 is 0 Å². The van der Waals surface area contributed by atoms with E-state index in [1.165, 1.54) is 9.03 Å². The number of rotatable bonds is 2. The van der Waals surface area contributed by atoms with Gasteiger partial charge in [-0.25, -0.2) is 14.5 Å². The quantitative estimate of drug-likeness (QED) is 0.171. The summed E-state index contributed by atoms with van der Waals surface area (Å²) in [7, 11) is 0. The fourth-order valence-corrected chi connectivity index (χ4v) is 6.80. The van der Waals surface area contributed by atoms with Crippen LogP contribution < -0.4 is 11.1 Å². The van der Waals surface area contributed by atoms with E-state index in [1.54, 1.807) is 48.5 Å². The first-order valence-electron chi connectivity index (χ1n) is 13.3. The molecule has 0 saturated carbocycles. The van der Waals surface area contributed by atoms with Gasteiger partial charge >= 0.3 is 0 Å². The number of aromatic amines is 2. The number of aromatic nitrogens is 6. The lowest BCUT2D eigenvalue weighted by atomic mass is 10.1. The Hall–Kier alpha value is -3.87. The fraction of sp³-hybridized carbons (Fsp3) is 0. The largest absolute Gasteiger partial charge is 0.289 e. The van der Waals surface area contributed by atoms with E-state index in [4.69, 9.17) is 46.4 Å². The van der Waals surface area contributed by atoms with Gasteiger partial charge < -0.3 is 0 Å². The predicted molar refractivity (Wildman–Crippen MR) is 190 cm³/mol. The molecule has 0 fully saturated rings. The van der Waals surface area contributed by atoms with Gasteiger partial charge in [0.05, 0.1) is 46.8 Å². The molecule has 13 heteroatoms. The molecule has 45 heavy (non-hydrogen) atoms. The maximum atomic E-state index is 12.7. The van der Waals surface area contributed by atoms with Gasteiger partial charge in [-0.1, -0.05) is 70.7 Å². The maximum absolute atomic E-state index is 12.7. The normalized spacial score (nSPS) is 11.4. The number of nitrogens with one attached hydrogen (secondary N) is 2. The Morgan fingerprint density at radius 3 is 1.80 bits per heavy atom. The molecule has 4 heterocycles. The molecule has 0 aliphatic carbocycles. The molecular formula is C32H17Cl4IN6O2. The summed E-state index contributed by atoms with van der Waals surface area (Å²) in [6.07, 6.45) is 0. The number of fused-ring (bicyclic) bond motifs is 4. The van der Waals surface area contributed by atoms with Gasteiger partial charge in [0, 0.05) is 27.2 Å². The standard InChI is InChI=1S/C16H8Cl2IN3O.C16H9Cl2N3O/c17-8-5-6-9(11(18)7-8)14-13(19)15-20-12-4-2-1-3-10(12)16(23)22(15)21-14;17-9-5-6-10(12(18)7-9)14-8-15-19-13-4-2-1-3-11(13)16(22)21(15)20-14/h1-7,21H;1-8,20H. The van der Waals surface area contributed by atoms with Crippen molar-refractivity contribution in [2.24, 2.45) is 0 Å². The van der Waals surface area contributed by atoms with Gasteiger partial charge in [-0.05, 0) is 83.3 Å². The zero-order valence-electron chi connectivity index (χ0n) is 22.7. The number of benzene rings is 4. The molecule has 8 nitrogen and oxygen atoms in total. The molecule has 4 aromatic carbocycles. The summed E-state index contributed by atoms with van der Waals surface area (Å²) < 4.78 is 3.70. The summed E-state index contributed by atoms with van der Waals surface area (Å²) in [6, 6.07) is 26.8. The minimum Gasteiger partial charge on any atom is -0.289 e. The SMILES string of the molecule is O=c1c2ccccc2nc2c(I)c(-c3ccc(Cl)cc3Cl)[nH]n12.O=c1c2ccccc2nc2cc(-c3ccc(Cl)cc3Cl)[nH]n12. The van der Waals surface area contributed by atoms with Crippen LogP contribution in [0.4, 0.5) is 0 Å². The molecule has 0 radical (unpaired) electrons. The molecule has 222 valence electrons. The monoisotopic (exact) mass is 784 g/mol. The van der Waals surface area contributed by atoms with Crippen LogP contribution in [-0.4, -0.2) is 29.2 Å². The average Bonchev–Trinajstić information content (AvgIpc) is 3.59. The lowest BCUT2D eigenvalue weighted by Gasteiger charge is -2.02. The van der Waals surface area contributed by atoms with Gasteiger partial charge in [-0.3, -0.25) is 19.8 Å². The molecule has 0 atom stereocenters. The number of H-pyrrole nitrogens is 2. The van der Waals surface area contributed by atoms with E-state index in [0.29, 0.717) is 58.9 Å². The Bertz CT molecular complexity index is 2570. The number of nitrogens with zero attached hydrogens (tertiary/aromatic N) is 4. The highest BCUT2D eigenvalue weighted by Gasteiger charge is 2.17. The molecule has 0 bridgehead atoms. The lowest BCUT2D eigenvalue weighted by molar-refractivity contribution is 0.919. The molecule has 0 aliphatic rings. The van der Waals surface area contributed by atoms with Crippen LogP contribution in [0.3, 0.4) is 0 Å². The predicted octanol–water partition coefficient (Wildman–Crippen LogP) is 8.90. The third-order valence-corrected chi connectivity index (χ3v) is 9.26. The van der Waals surface area contributed by atoms with Crippen molar-refractivity contribution in [1.29, 1.82) is 0 Å². The second-order valence-electron chi connectivity index (χ2n) is 9.94. The van der Waals surface area contributed by atoms with Crippen molar-refractivity contribution in [1.82, 2.24) is 29.2 Å². The third-order valence-electron chi connectivity index (χ3n) is 7.14. The zero-order chi connectivity index (χ0) is 31.4. The summed E-state index contributed by atoms with van der Waals surface area (Å²) in [5.74, 6) is 0. The van der Waals surface area contributed by atoms with Crippen LogP contribution in [-0.2, 0) is 0 Å². The molecule has 4 aromatic heterocycles. The Morgan fingerprint density at radius 1 is 0.622 bits per heavy atom. The van der Waals surface area contributed by atoms with Gasteiger partial charge in [0.15, 0.2) is 11.3 Å². The molecule has 8 rings (SSSR count). The van der Waals surface area contributed by atoms with Crippen molar-refractivity contribution in [2.75, 3.05) is 0 Å². The van der Waals surface area contributed by atoms with E-state index in [9.17, 15) is 9.59 Å². The van der Waals surface area contributed by atoms with E-state index >= 15 is 0 Å². The van der Waals surface area contributed by atoms with Crippen molar-refractivity contribution >= 4 is 102 Å². The summed E-state index contributed by atoms with van der Waals surface area (Å²) in [5, 5.41) is 9.43. The summed E-state index contributed by atoms with van der Waals surface area (Å²) >= 11 is 26.6. The van der Waals surface area contributed by atoms with Gasteiger partial charge in [0.1, 0.15) is 0 Å². The minimum atomic E-state index is -0.142. The highest BCUT2D eigenvalue weighted by Crippen LogP contribution is 2.34. The Balaban J connectivity index is 0.000000145. The highest BCUT2D eigenvalue weighted by atomic mass is 127. The van der Waals surface area contributed by atoms with E-state index in [0.717, 1.165) is 20.4 Å². The van der Waals surface area contributed by atoms with Crippen molar-refractivity contribution in [3.63, 3.8) is 0 Å². The third kappa shape index (κ3) is 5.38. The number of para-hydroxylation sites is 2. The number of halogens is 5. The minimum absolute atomic E-state index is 0.139. The van der Waals surface area contributed by atoms with E-state index in [2.05, 4.69) is 42.8 Å². The van der Waals surface area contributed by atoms with E-state index in [-0.39, 0.29) is 11.1 Å². The van der Waals surface area contributed by atoms with Gasteiger partial charge in [0.2, 0.25) is 0 Å². The molecule has 8 aromatic rings. The van der Waals surface area contributed by atoms with Crippen LogP contribution in [0.1, 0.15) is 0 Å². The molecule has 2 N–H and O–H groups in total. The van der Waals surface area contributed by atoms with Crippen LogP contribution in [0, 0.1) is 3.57 Å². The van der Waals surface area contributed by atoms with Crippen LogP contribution in [0.25, 0.3) is 55.6 Å². The molecular weight excluding hydrogens is 769 g/mol. The molecule has 0 aliphatic heterocycles. The van der Waals surface area contributed by atoms with Crippen LogP contribution in [0.2, 0.25) is 20.1 Å². The van der Waals surface area contributed by atoms with Crippen molar-refractivity contribution in [2.45, 2.75) is 0 Å². The summed E-state index contributed by atoms with van der Waals surface area (Å²) in [5.41, 5.74) is 5.17. The first kappa shape index (κ1) is 29.8. The Labute approximate surface area is 287 Å². The molecule has 0 amide bonds. The smallest absolute Gasteiger partial charge is 0.280 e. The number of hydrogen-bond acceptors (Lipinski definition) is 4. The Kier molecular flexibility index (Phi) is 7.83. The van der Waals surface area contributed by atoms with E-state index in [1.807, 2.05) is 42.5 Å². The second-order valence-corrected chi connectivity index (χ2v) is 12.7. The van der Waals surface area contributed by atoms with Crippen molar-refractivity contribution in [3.05, 3.63) is 135 Å². The topological polar surface area (TPSA) is 100 Å². The molecule has 0 spiro atoms. The summed E-state index contributed by atoms with van der Waals surface area (Å²) in [6.45, 7) is 0. The van der Waals surface area contributed by atoms with Crippen LogP contribution in [0.15, 0.2) is 101 Å². The van der Waals surface area contributed by atoms with Gasteiger partial charge in [-0.15, -0.1) is 0 Å². The summed E-state index contributed by atoms with van der Waals surface area (Å²) in [4.78, 5) is 34.2. The number of hydrogen-bond donors (Lipinski definition) is 2. The Morgan fingerprint density at radius 2 is 1.18 bits per heavy atom. The highest BCUT2D eigenvalue weighted by molar-refractivity contribution is 14.1. The van der Waals surface area contributed by atoms with Gasteiger partial charge in [0.25, 0.3) is 11.1 Å². The fourth-order valence-electron chi connectivity index (χ4n) is 5.01. The van der Waals surface area contributed by atoms with E-state index < -0.39 is 0 Å². The van der Waals surface area contributed by atoms with Crippen LogP contribution >= 0.6 is 69.0 Å². The van der Waals surface area contributed by atoms with Crippen LogP contribution in [0.5, 0.6) is 0 Å². The average molecular weight is 786 g/mol. The first-order chi connectivity index (χ1) is 21.7. The van der Waals surface area contributed by atoms with Crippen molar-refractivity contribution in [3.8, 4) is 22.5 Å².